The van der Waals surface area contributed by atoms with E-state index < -0.39 is 0 Å². The fraction of sp³-hybridized carbons (Fsp3) is 0.583. The number of piperidine rings is 1. The van der Waals surface area contributed by atoms with E-state index in [1.807, 2.05) is 5.38 Å². The molecule has 2 rings (SSSR count). The van der Waals surface area contributed by atoms with Gasteiger partial charge in [-0.15, -0.1) is 11.3 Å². The Hall–Kier alpha value is -1.43. The number of anilines is 1. The van der Waals surface area contributed by atoms with Gasteiger partial charge in [-0.3, -0.25) is 9.59 Å². The Kier molecular flexibility index (Phi) is 3.96. The lowest BCUT2D eigenvalue weighted by Gasteiger charge is -2.20. The molecule has 1 aliphatic rings. The molecule has 1 aromatic heterocycles. The van der Waals surface area contributed by atoms with E-state index in [0.29, 0.717) is 30.4 Å². The van der Waals surface area contributed by atoms with E-state index in [1.54, 1.807) is 0 Å². The second-order valence-electron chi connectivity index (χ2n) is 4.76. The van der Waals surface area contributed by atoms with Gasteiger partial charge >= 0.3 is 0 Å². The smallest absolute Gasteiger partial charge is 0.231 e. The monoisotopic (exact) mass is 267 g/mol. The summed E-state index contributed by atoms with van der Waals surface area (Å²) in [5.41, 5.74) is 0.993. The van der Waals surface area contributed by atoms with Gasteiger partial charge in [-0.2, -0.15) is 0 Å². The highest BCUT2D eigenvalue weighted by Crippen LogP contribution is 2.22. The zero-order chi connectivity index (χ0) is 13.1. The van der Waals surface area contributed by atoms with Crippen LogP contribution in [0.15, 0.2) is 5.38 Å². The second-order valence-corrected chi connectivity index (χ2v) is 5.62. The quantitative estimate of drug-likeness (QED) is 0.876. The van der Waals surface area contributed by atoms with Crippen molar-refractivity contribution in [2.45, 2.75) is 32.6 Å². The Bertz CT molecular complexity index is 446. The third-order valence-electron chi connectivity index (χ3n) is 2.98. The zero-order valence-electron chi connectivity index (χ0n) is 10.5. The maximum atomic E-state index is 12.0. The molecule has 18 heavy (non-hydrogen) atoms. The van der Waals surface area contributed by atoms with Gasteiger partial charge in [-0.1, -0.05) is 13.8 Å². The number of aromatic nitrogens is 1. The van der Waals surface area contributed by atoms with Crippen molar-refractivity contribution in [3.05, 3.63) is 11.1 Å². The maximum absolute atomic E-state index is 12.0. The number of hydrogen-bond donors (Lipinski definition) is 2. The van der Waals surface area contributed by atoms with Crippen molar-refractivity contribution >= 4 is 28.3 Å². The molecule has 1 aliphatic heterocycles. The van der Waals surface area contributed by atoms with Gasteiger partial charge in [0.2, 0.25) is 11.8 Å². The lowest BCUT2D eigenvalue weighted by molar-refractivity contribution is -0.126. The number of nitrogens with one attached hydrogen (secondary N) is 2. The molecule has 0 aromatic carbocycles. The molecule has 5 nitrogen and oxygen atoms in total. The molecule has 0 bridgehead atoms. The zero-order valence-corrected chi connectivity index (χ0v) is 11.3. The molecular weight excluding hydrogens is 250 g/mol. The van der Waals surface area contributed by atoms with Gasteiger partial charge in [-0.05, 0) is 12.3 Å². The first-order chi connectivity index (χ1) is 8.56. The van der Waals surface area contributed by atoms with Crippen LogP contribution >= 0.6 is 11.3 Å². The Labute approximate surface area is 110 Å². The van der Waals surface area contributed by atoms with E-state index in [2.05, 4.69) is 29.5 Å². The van der Waals surface area contributed by atoms with Crippen molar-refractivity contribution in [3.63, 3.8) is 0 Å². The summed E-state index contributed by atoms with van der Waals surface area (Å²) in [4.78, 5) is 27.3. The van der Waals surface area contributed by atoms with Gasteiger partial charge in [0.05, 0.1) is 11.6 Å². The van der Waals surface area contributed by atoms with Crippen LogP contribution in [0.4, 0.5) is 5.13 Å². The van der Waals surface area contributed by atoms with Crippen LogP contribution in [0.2, 0.25) is 0 Å². The summed E-state index contributed by atoms with van der Waals surface area (Å²) >= 11 is 1.44. The number of nitrogens with zero attached hydrogens (tertiary/aromatic N) is 1. The van der Waals surface area contributed by atoms with E-state index in [-0.39, 0.29) is 17.7 Å². The van der Waals surface area contributed by atoms with Crippen molar-refractivity contribution in [1.82, 2.24) is 10.3 Å². The number of carbonyl (C=O) groups is 2. The topological polar surface area (TPSA) is 71.1 Å². The molecule has 0 unspecified atom stereocenters. The minimum atomic E-state index is -0.144. The Morgan fingerprint density at radius 2 is 2.39 bits per heavy atom. The summed E-state index contributed by atoms with van der Waals surface area (Å²) in [5.74, 6) is 0.185. The number of hydrogen-bond acceptors (Lipinski definition) is 4. The van der Waals surface area contributed by atoms with Gasteiger partial charge in [0.1, 0.15) is 0 Å². The van der Waals surface area contributed by atoms with Crippen molar-refractivity contribution in [2.24, 2.45) is 5.92 Å². The van der Waals surface area contributed by atoms with Gasteiger partial charge in [0.15, 0.2) is 5.13 Å². The third kappa shape index (κ3) is 3.07. The summed E-state index contributed by atoms with van der Waals surface area (Å²) in [5, 5.41) is 8.13. The summed E-state index contributed by atoms with van der Waals surface area (Å²) in [6.07, 6.45) is 1.03. The molecule has 6 heteroatoms. The number of rotatable bonds is 3. The SMILES string of the molecule is CC(C)c1csc(NC(=O)[C@@H]2CCC(=O)NC2)n1. The highest BCUT2D eigenvalue weighted by Gasteiger charge is 2.25. The molecule has 0 saturated carbocycles. The maximum Gasteiger partial charge on any atom is 0.231 e. The van der Waals surface area contributed by atoms with E-state index in [4.69, 9.17) is 0 Å². The minimum Gasteiger partial charge on any atom is -0.355 e. The molecule has 2 heterocycles. The fourth-order valence-electron chi connectivity index (χ4n) is 1.77. The number of amides is 2. The van der Waals surface area contributed by atoms with E-state index >= 15 is 0 Å². The van der Waals surface area contributed by atoms with Gasteiger partial charge in [0, 0.05) is 18.3 Å². The van der Waals surface area contributed by atoms with Crippen LogP contribution < -0.4 is 10.6 Å². The van der Waals surface area contributed by atoms with Gasteiger partial charge in [0.25, 0.3) is 0 Å². The van der Waals surface area contributed by atoms with Crippen LogP contribution in [-0.4, -0.2) is 23.3 Å². The number of carbonyl (C=O) groups excluding carboxylic acids is 2. The van der Waals surface area contributed by atoms with Crippen LogP contribution in [0.3, 0.4) is 0 Å². The van der Waals surface area contributed by atoms with Crippen LogP contribution in [0.25, 0.3) is 0 Å². The Morgan fingerprint density at radius 3 is 2.94 bits per heavy atom. The van der Waals surface area contributed by atoms with Crippen LogP contribution in [0, 0.1) is 5.92 Å². The summed E-state index contributed by atoms with van der Waals surface area (Å²) in [7, 11) is 0. The lowest BCUT2D eigenvalue weighted by atomic mass is 9.98. The molecule has 0 aliphatic carbocycles. The summed E-state index contributed by atoms with van der Waals surface area (Å²) < 4.78 is 0. The number of thiazole rings is 1. The molecule has 98 valence electrons. The summed E-state index contributed by atoms with van der Waals surface area (Å²) in [6, 6.07) is 0. The van der Waals surface area contributed by atoms with Crippen LogP contribution in [0.1, 0.15) is 38.3 Å². The minimum absolute atomic E-state index is 0.0235. The fourth-order valence-corrected chi connectivity index (χ4v) is 2.65. The molecule has 1 aromatic rings. The van der Waals surface area contributed by atoms with Crippen LogP contribution in [0.5, 0.6) is 0 Å². The molecule has 1 atom stereocenters. The van der Waals surface area contributed by atoms with Crippen molar-refractivity contribution in [3.8, 4) is 0 Å². The van der Waals surface area contributed by atoms with Gasteiger partial charge < -0.3 is 10.6 Å². The Morgan fingerprint density at radius 1 is 1.61 bits per heavy atom. The van der Waals surface area contributed by atoms with E-state index in [9.17, 15) is 9.59 Å². The Balaban J connectivity index is 1.92. The molecule has 2 amide bonds. The van der Waals surface area contributed by atoms with Crippen molar-refractivity contribution in [1.29, 1.82) is 0 Å². The predicted octanol–water partition coefficient (Wildman–Crippen LogP) is 1.73. The summed E-state index contributed by atoms with van der Waals surface area (Å²) in [6.45, 7) is 4.56. The molecule has 0 spiro atoms. The molecule has 1 fully saturated rings. The normalized spacial score (nSPS) is 19.7. The van der Waals surface area contributed by atoms with E-state index in [1.165, 1.54) is 11.3 Å². The van der Waals surface area contributed by atoms with Crippen molar-refractivity contribution in [2.75, 3.05) is 11.9 Å². The molecular formula is C12H17N3O2S. The molecule has 1 saturated heterocycles. The molecule has 2 N–H and O–H groups in total. The van der Waals surface area contributed by atoms with Crippen molar-refractivity contribution < 1.29 is 9.59 Å². The highest BCUT2D eigenvalue weighted by molar-refractivity contribution is 7.13. The highest BCUT2D eigenvalue weighted by atomic mass is 32.1. The predicted molar refractivity (Wildman–Crippen MR) is 70.6 cm³/mol. The standard InChI is InChI=1S/C12H17N3O2S/c1-7(2)9-6-18-12(14-9)15-11(17)8-3-4-10(16)13-5-8/h6-8H,3-5H2,1-2H3,(H,13,16)(H,14,15,17)/t8-/m1/s1. The first kappa shape index (κ1) is 13.0. The first-order valence-corrected chi connectivity index (χ1v) is 6.97. The lowest BCUT2D eigenvalue weighted by Crippen LogP contribution is -2.40. The molecule has 0 radical (unpaired) electrons. The third-order valence-corrected chi connectivity index (χ3v) is 3.76. The van der Waals surface area contributed by atoms with Crippen LogP contribution in [-0.2, 0) is 9.59 Å². The second kappa shape index (κ2) is 5.48. The van der Waals surface area contributed by atoms with Gasteiger partial charge in [-0.25, -0.2) is 4.98 Å². The first-order valence-electron chi connectivity index (χ1n) is 6.09. The average Bonchev–Trinajstić information content (AvgIpc) is 2.78. The largest absolute Gasteiger partial charge is 0.355 e. The average molecular weight is 267 g/mol. The van der Waals surface area contributed by atoms with E-state index in [0.717, 1.165) is 5.69 Å².